The van der Waals surface area contributed by atoms with Crippen molar-refractivity contribution >= 4 is 0 Å². The zero-order chi connectivity index (χ0) is 14.7. The molecule has 0 aliphatic rings. The van der Waals surface area contributed by atoms with Crippen LogP contribution in [0.3, 0.4) is 0 Å². The van der Waals surface area contributed by atoms with E-state index in [1.165, 1.54) is 6.33 Å². The van der Waals surface area contributed by atoms with E-state index >= 15 is 0 Å². The zero-order valence-corrected chi connectivity index (χ0v) is 11.5. The molecule has 0 bridgehead atoms. The van der Waals surface area contributed by atoms with Crippen LogP contribution in [-0.4, -0.2) is 37.1 Å². The fourth-order valence-electron chi connectivity index (χ4n) is 1.95. The topological polar surface area (TPSA) is 108 Å². The van der Waals surface area contributed by atoms with Crippen LogP contribution < -0.4 is 10.5 Å². The molecule has 2 aromatic heterocycles. The average molecular weight is 285 g/mol. The van der Waals surface area contributed by atoms with E-state index in [-0.39, 0.29) is 0 Å². The van der Waals surface area contributed by atoms with Crippen molar-refractivity contribution in [2.24, 2.45) is 5.73 Å². The van der Waals surface area contributed by atoms with Gasteiger partial charge in [0, 0.05) is 0 Å². The quantitative estimate of drug-likeness (QED) is 0.707. The maximum absolute atomic E-state index is 6.17. The van der Waals surface area contributed by atoms with Gasteiger partial charge in [-0.25, -0.2) is 14.6 Å². The van der Waals surface area contributed by atoms with Gasteiger partial charge in [-0.2, -0.15) is 10.2 Å². The van der Waals surface area contributed by atoms with Crippen LogP contribution in [-0.2, 0) is 6.54 Å². The Kier molecular flexibility index (Phi) is 3.61. The first-order valence-corrected chi connectivity index (χ1v) is 6.39. The van der Waals surface area contributed by atoms with E-state index in [4.69, 9.17) is 10.5 Å². The highest BCUT2D eigenvalue weighted by molar-refractivity contribution is 5.31. The number of H-pyrrole nitrogens is 1. The van der Waals surface area contributed by atoms with Gasteiger partial charge in [-0.1, -0.05) is 12.1 Å². The molecular formula is C13H15N7O. The summed E-state index contributed by atoms with van der Waals surface area (Å²) in [5, 5.41) is 11.0. The number of nitrogens with zero attached hydrogens (tertiary/aromatic N) is 5. The van der Waals surface area contributed by atoms with Crippen LogP contribution in [0.25, 0.3) is 0 Å². The minimum Gasteiger partial charge on any atom is -0.497 e. The predicted molar refractivity (Wildman–Crippen MR) is 74.5 cm³/mol. The molecule has 3 aromatic rings. The van der Waals surface area contributed by atoms with Crippen LogP contribution in [0, 0.1) is 0 Å². The SMILES string of the molecule is COc1ccc([C@@H](N)c2n[nH]c(Cn3cncn3)n2)cc1. The number of aromatic nitrogens is 6. The second-order valence-corrected chi connectivity index (χ2v) is 4.48. The number of rotatable bonds is 5. The molecule has 1 aromatic carbocycles. The summed E-state index contributed by atoms with van der Waals surface area (Å²) in [5.74, 6) is 2.00. The second-order valence-electron chi connectivity index (χ2n) is 4.48. The molecule has 0 unspecified atom stereocenters. The van der Waals surface area contributed by atoms with Gasteiger partial charge < -0.3 is 10.5 Å². The highest BCUT2D eigenvalue weighted by Crippen LogP contribution is 2.19. The van der Waals surface area contributed by atoms with Crippen molar-refractivity contribution in [3.05, 3.63) is 54.1 Å². The maximum Gasteiger partial charge on any atom is 0.171 e. The zero-order valence-electron chi connectivity index (χ0n) is 11.5. The molecule has 8 heteroatoms. The third kappa shape index (κ3) is 2.90. The van der Waals surface area contributed by atoms with Crippen LogP contribution in [0.5, 0.6) is 5.75 Å². The first kappa shape index (κ1) is 13.3. The monoisotopic (exact) mass is 285 g/mol. The minimum absolute atomic E-state index is 0.392. The Hall–Kier alpha value is -2.74. The minimum atomic E-state index is -0.392. The van der Waals surface area contributed by atoms with Gasteiger partial charge in [0.25, 0.3) is 0 Å². The maximum atomic E-state index is 6.17. The first-order chi connectivity index (χ1) is 10.3. The Bertz CT molecular complexity index is 690. The third-order valence-electron chi connectivity index (χ3n) is 3.08. The van der Waals surface area contributed by atoms with Crippen molar-refractivity contribution in [2.75, 3.05) is 7.11 Å². The summed E-state index contributed by atoms with van der Waals surface area (Å²) >= 11 is 0. The van der Waals surface area contributed by atoms with E-state index < -0.39 is 6.04 Å². The van der Waals surface area contributed by atoms with Gasteiger partial charge in [0.2, 0.25) is 0 Å². The Balaban J connectivity index is 1.75. The van der Waals surface area contributed by atoms with E-state index in [0.29, 0.717) is 18.2 Å². The fourth-order valence-corrected chi connectivity index (χ4v) is 1.95. The molecule has 108 valence electrons. The molecule has 0 fully saturated rings. The summed E-state index contributed by atoms with van der Waals surface area (Å²) in [7, 11) is 1.63. The number of hydrogen-bond donors (Lipinski definition) is 2. The number of benzene rings is 1. The summed E-state index contributed by atoms with van der Waals surface area (Å²) in [5.41, 5.74) is 7.09. The molecular weight excluding hydrogens is 270 g/mol. The standard InChI is InChI=1S/C13H15N7O/c1-21-10-4-2-9(3-5-10)12(14)13-17-11(18-19-13)6-20-8-15-7-16-20/h2-5,7-8,12H,6,14H2,1H3,(H,17,18,19)/t12-/m1/s1. The van der Waals surface area contributed by atoms with Crippen LogP contribution in [0.4, 0.5) is 0 Å². The molecule has 0 radical (unpaired) electrons. The van der Waals surface area contributed by atoms with E-state index in [9.17, 15) is 0 Å². The number of nitrogens with two attached hydrogens (primary N) is 1. The van der Waals surface area contributed by atoms with Gasteiger partial charge in [0.15, 0.2) is 5.82 Å². The van der Waals surface area contributed by atoms with Crippen molar-refractivity contribution in [1.82, 2.24) is 29.9 Å². The molecule has 2 heterocycles. The average Bonchev–Trinajstić information content (AvgIpc) is 3.19. The second kappa shape index (κ2) is 5.71. The first-order valence-electron chi connectivity index (χ1n) is 6.39. The molecule has 0 aliphatic heterocycles. The lowest BCUT2D eigenvalue weighted by atomic mass is 10.1. The Morgan fingerprint density at radius 1 is 1.33 bits per heavy atom. The summed E-state index contributed by atoms with van der Waals surface area (Å²) in [6.45, 7) is 0.475. The highest BCUT2D eigenvalue weighted by Gasteiger charge is 2.14. The molecule has 0 saturated heterocycles. The smallest absolute Gasteiger partial charge is 0.171 e. The number of hydrogen-bond acceptors (Lipinski definition) is 6. The molecule has 3 N–H and O–H groups in total. The Labute approximate surface area is 121 Å². The van der Waals surface area contributed by atoms with Gasteiger partial charge in [-0.05, 0) is 17.7 Å². The van der Waals surface area contributed by atoms with Crippen molar-refractivity contribution in [3.8, 4) is 5.75 Å². The Morgan fingerprint density at radius 3 is 2.81 bits per heavy atom. The number of ether oxygens (including phenoxy) is 1. The molecule has 21 heavy (non-hydrogen) atoms. The summed E-state index contributed by atoms with van der Waals surface area (Å²) in [6.07, 6.45) is 3.09. The summed E-state index contributed by atoms with van der Waals surface area (Å²) in [6, 6.07) is 7.13. The normalized spacial score (nSPS) is 12.3. The van der Waals surface area contributed by atoms with E-state index in [1.807, 2.05) is 24.3 Å². The lowest BCUT2D eigenvalue weighted by Crippen LogP contribution is -2.13. The van der Waals surface area contributed by atoms with Crippen molar-refractivity contribution in [2.45, 2.75) is 12.6 Å². The van der Waals surface area contributed by atoms with Gasteiger partial charge in [-0.3, -0.25) is 5.10 Å². The van der Waals surface area contributed by atoms with Gasteiger partial charge in [0.1, 0.15) is 30.8 Å². The number of aromatic amines is 1. The highest BCUT2D eigenvalue weighted by atomic mass is 16.5. The largest absolute Gasteiger partial charge is 0.497 e. The van der Waals surface area contributed by atoms with Crippen LogP contribution in [0.1, 0.15) is 23.3 Å². The summed E-state index contributed by atoms with van der Waals surface area (Å²) < 4.78 is 6.78. The summed E-state index contributed by atoms with van der Waals surface area (Å²) in [4.78, 5) is 8.27. The third-order valence-corrected chi connectivity index (χ3v) is 3.08. The number of methoxy groups -OCH3 is 1. The van der Waals surface area contributed by atoms with Crippen molar-refractivity contribution in [1.29, 1.82) is 0 Å². The van der Waals surface area contributed by atoms with Crippen LogP contribution >= 0.6 is 0 Å². The Morgan fingerprint density at radius 2 is 2.14 bits per heavy atom. The fraction of sp³-hybridized carbons (Fsp3) is 0.231. The van der Waals surface area contributed by atoms with Crippen molar-refractivity contribution < 1.29 is 4.74 Å². The van der Waals surface area contributed by atoms with Crippen LogP contribution in [0.2, 0.25) is 0 Å². The molecule has 0 spiro atoms. The lowest BCUT2D eigenvalue weighted by Gasteiger charge is -2.08. The number of nitrogens with one attached hydrogen (secondary N) is 1. The van der Waals surface area contributed by atoms with E-state index in [2.05, 4.69) is 25.3 Å². The van der Waals surface area contributed by atoms with E-state index in [0.717, 1.165) is 11.3 Å². The van der Waals surface area contributed by atoms with Gasteiger partial charge in [0.05, 0.1) is 13.2 Å². The lowest BCUT2D eigenvalue weighted by molar-refractivity contribution is 0.414. The molecule has 0 saturated carbocycles. The molecule has 3 rings (SSSR count). The molecule has 0 aliphatic carbocycles. The van der Waals surface area contributed by atoms with E-state index in [1.54, 1.807) is 18.1 Å². The van der Waals surface area contributed by atoms with Gasteiger partial charge >= 0.3 is 0 Å². The molecule has 0 amide bonds. The predicted octanol–water partition coefficient (Wildman–Crippen LogP) is 0.501. The van der Waals surface area contributed by atoms with Crippen molar-refractivity contribution in [3.63, 3.8) is 0 Å². The molecule has 1 atom stereocenters. The van der Waals surface area contributed by atoms with Gasteiger partial charge in [-0.15, -0.1) is 0 Å². The van der Waals surface area contributed by atoms with Crippen LogP contribution in [0.15, 0.2) is 36.9 Å². The molecule has 8 nitrogen and oxygen atoms in total.